The Hall–Kier alpha value is -2.99. The number of nitrogens with two attached hydrogens (primary N) is 1. The topological polar surface area (TPSA) is 80.3 Å². The van der Waals surface area contributed by atoms with E-state index in [-0.39, 0.29) is 24.5 Å². The summed E-state index contributed by atoms with van der Waals surface area (Å²) in [5.74, 6) is -2.25. The number of hydrogen-bond acceptors (Lipinski definition) is 4. The van der Waals surface area contributed by atoms with E-state index >= 15 is 0 Å². The fourth-order valence-corrected chi connectivity index (χ4v) is 5.37. The van der Waals surface area contributed by atoms with E-state index in [1.165, 1.54) is 4.90 Å². The van der Waals surface area contributed by atoms with E-state index < -0.39 is 23.3 Å². The Bertz CT molecular complexity index is 1010. The maximum Gasteiger partial charge on any atom is 0.369 e. The number of benzene rings is 2. The number of amides is 2. The van der Waals surface area contributed by atoms with Crippen LogP contribution in [-0.2, 0) is 25.5 Å². The third kappa shape index (κ3) is 3.35. The van der Waals surface area contributed by atoms with Gasteiger partial charge in [-0.05, 0) is 31.9 Å². The number of carbonyl (C=O) groups excluding carboxylic acids is 3. The number of esters is 1. The summed E-state index contributed by atoms with van der Waals surface area (Å²) in [6.45, 7) is 6.08. The van der Waals surface area contributed by atoms with Crippen molar-refractivity contribution in [2.24, 2.45) is 11.8 Å². The molecule has 0 aliphatic carbocycles. The Morgan fingerprint density at radius 3 is 2.35 bits per heavy atom. The van der Waals surface area contributed by atoms with Crippen molar-refractivity contribution >= 4 is 17.8 Å². The van der Waals surface area contributed by atoms with Crippen molar-refractivity contribution in [3.63, 3.8) is 0 Å². The molecule has 2 aliphatic rings. The Morgan fingerprint density at radius 1 is 1.03 bits per heavy atom. The van der Waals surface area contributed by atoms with Gasteiger partial charge in [0.2, 0.25) is 17.4 Å². The summed E-state index contributed by atoms with van der Waals surface area (Å²) in [4.78, 5) is 41.7. The van der Waals surface area contributed by atoms with Crippen LogP contribution in [0.1, 0.15) is 36.6 Å². The third-order valence-electron chi connectivity index (χ3n) is 6.72. The first kappa shape index (κ1) is 21.2. The van der Waals surface area contributed by atoms with Gasteiger partial charge in [-0.2, -0.15) is 0 Å². The molecule has 4 atom stereocenters. The first-order valence-electron chi connectivity index (χ1n) is 10.9. The number of imide groups is 1. The molecule has 2 aromatic rings. The average molecular weight is 422 g/mol. The largest absolute Gasteiger partial charge is 0.461 e. The highest BCUT2D eigenvalue weighted by molar-refractivity contribution is 6.08. The minimum atomic E-state index is -1.19. The molecular formula is C25H29N2O4+. The first-order chi connectivity index (χ1) is 14.9. The molecule has 2 aliphatic heterocycles. The molecule has 2 fully saturated rings. The number of carbonyl (C=O) groups is 3. The summed E-state index contributed by atoms with van der Waals surface area (Å²) in [5.41, 5.74) is 1.77. The van der Waals surface area contributed by atoms with Crippen molar-refractivity contribution in [2.45, 2.75) is 38.8 Å². The number of quaternary nitrogens is 1. The standard InChI is InChI=1S/C25H28N2O4/c1-4-27-22(28)19-20(23(27)29)25(24(30)31-5-2,15-17-12-7-6-8-13-17)26-21(19)18-14-10-9-11-16(18)3/h6-14,19-21,26H,4-5,15H2,1-3H3/p+1/t19-,20+,21+,25-/m1/s1. The summed E-state index contributed by atoms with van der Waals surface area (Å²) in [7, 11) is 0. The molecule has 162 valence electrons. The van der Waals surface area contributed by atoms with Crippen LogP contribution in [0.5, 0.6) is 0 Å². The minimum Gasteiger partial charge on any atom is -0.461 e. The molecule has 0 radical (unpaired) electrons. The highest BCUT2D eigenvalue weighted by Gasteiger charge is 2.72. The van der Waals surface area contributed by atoms with Crippen LogP contribution in [-0.4, -0.2) is 41.4 Å². The molecule has 0 spiro atoms. The van der Waals surface area contributed by atoms with Gasteiger partial charge in [0.1, 0.15) is 17.9 Å². The van der Waals surface area contributed by atoms with Gasteiger partial charge in [0, 0.05) is 18.5 Å². The third-order valence-corrected chi connectivity index (χ3v) is 6.72. The SMILES string of the molecule is CCOC(=O)[C@]1(Cc2ccccc2)[NH2+][C@@H](c2ccccc2C)[C@@H]2C(=O)N(CC)C(=O)[C@H]21. The van der Waals surface area contributed by atoms with Crippen LogP contribution < -0.4 is 5.32 Å². The zero-order valence-electron chi connectivity index (χ0n) is 18.2. The van der Waals surface area contributed by atoms with Crippen LogP contribution in [0, 0.1) is 18.8 Å². The number of fused-ring (bicyclic) bond motifs is 1. The van der Waals surface area contributed by atoms with Crippen molar-refractivity contribution in [1.82, 2.24) is 4.90 Å². The van der Waals surface area contributed by atoms with Crippen molar-refractivity contribution < 1.29 is 24.4 Å². The number of aryl methyl sites for hydroxylation is 1. The highest BCUT2D eigenvalue weighted by Crippen LogP contribution is 2.46. The quantitative estimate of drug-likeness (QED) is 0.570. The Kier molecular flexibility index (Phi) is 5.67. The molecule has 0 unspecified atom stereocenters. The van der Waals surface area contributed by atoms with Gasteiger partial charge >= 0.3 is 5.97 Å². The monoisotopic (exact) mass is 421 g/mol. The van der Waals surface area contributed by atoms with Crippen LogP contribution in [0.15, 0.2) is 54.6 Å². The zero-order chi connectivity index (χ0) is 22.2. The first-order valence-corrected chi connectivity index (χ1v) is 10.9. The van der Waals surface area contributed by atoms with Crippen molar-refractivity contribution in [1.29, 1.82) is 0 Å². The van der Waals surface area contributed by atoms with E-state index in [1.807, 2.05) is 66.8 Å². The molecule has 31 heavy (non-hydrogen) atoms. The molecule has 2 heterocycles. The summed E-state index contributed by atoms with van der Waals surface area (Å²) < 4.78 is 5.52. The molecule has 2 N–H and O–H groups in total. The van der Waals surface area contributed by atoms with E-state index in [1.54, 1.807) is 13.8 Å². The van der Waals surface area contributed by atoms with Gasteiger partial charge in [-0.3, -0.25) is 14.5 Å². The fourth-order valence-electron chi connectivity index (χ4n) is 5.37. The van der Waals surface area contributed by atoms with Crippen molar-refractivity contribution in [3.05, 3.63) is 71.3 Å². The molecule has 0 saturated carbocycles. The van der Waals surface area contributed by atoms with E-state index in [0.717, 1.165) is 16.7 Å². The molecule has 2 amide bonds. The molecule has 6 nitrogen and oxygen atoms in total. The lowest BCUT2D eigenvalue weighted by molar-refractivity contribution is -0.734. The predicted molar refractivity (Wildman–Crippen MR) is 115 cm³/mol. The van der Waals surface area contributed by atoms with Crippen molar-refractivity contribution in [3.8, 4) is 0 Å². The van der Waals surface area contributed by atoms with Crippen LogP contribution in [0.4, 0.5) is 0 Å². The van der Waals surface area contributed by atoms with E-state index in [0.29, 0.717) is 13.0 Å². The molecule has 2 saturated heterocycles. The molecule has 0 aromatic heterocycles. The lowest BCUT2D eigenvalue weighted by atomic mass is 9.76. The maximum absolute atomic E-state index is 13.5. The summed E-state index contributed by atoms with van der Waals surface area (Å²) >= 11 is 0. The Balaban J connectivity index is 1.89. The van der Waals surface area contributed by atoms with Crippen LogP contribution >= 0.6 is 0 Å². The molecule has 2 aromatic carbocycles. The second-order valence-electron chi connectivity index (χ2n) is 8.40. The second kappa shape index (κ2) is 8.27. The minimum absolute atomic E-state index is 0.193. The van der Waals surface area contributed by atoms with Gasteiger partial charge in [-0.25, -0.2) is 4.79 Å². The number of hydrogen-bond donors (Lipinski definition) is 1. The van der Waals surface area contributed by atoms with Gasteiger partial charge in [0.25, 0.3) is 0 Å². The van der Waals surface area contributed by atoms with Crippen molar-refractivity contribution in [2.75, 3.05) is 13.2 Å². The summed E-state index contributed by atoms with van der Waals surface area (Å²) in [5, 5.41) is 1.94. The Labute approximate surface area is 182 Å². The Morgan fingerprint density at radius 2 is 1.71 bits per heavy atom. The van der Waals surface area contributed by atoms with Crippen LogP contribution in [0.25, 0.3) is 0 Å². The smallest absolute Gasteiger partial charge is 0.369 e. The van der Waals surface area contributed by atoms with Crippen LogP contribution in [0.2, 0.25) is 0 Å². The van der Waals surface area contributed by atoms with Gasteiger partial charge in [0.05, 0.1) is 6.61 Å². The second-order valence-corrected chi connectivity index (χ2v) is 8.40. The van der Waals surface area contributed by atoms with Crippen LogP contribution in [0.3, 0.4) is 0 Å². The molecule has 4 rings (SSSR count). The van der Waals surface area contributed by atoms with E-state index in [9.17, 15) is 14.4 Å². The zero-order valence-corrected chi connectivity index (χ0v) is 18.2. The average Bonchev–Trinajstić information content (AvgIpc) is 3.23. The lowest BCUT2D eigenvalue weighted by Crippen LogP contribution is -2.98. The lowest BCUT2D eigenvalue weighted by Gasteiger charge is -2.30. The number of nitrogens with zero attached hydrogens (tertiary/aromatic N) is 1. The fraction of sp³-hybridized carbons (Fsp3) is 0.400. The maximum atomic E-state index is 13.5. The van der Waals surface area contributed by atoms with Gasteiger partial charge in [-0.1, -0.05) is 54.6 Å². The summed E-state index contributed by atoms with van der Waals surface area (Å²) in [6.07, 6.45) is 0.326. The van der Waals surface area contributed by atoms with Gasteiger partial charge in [0.15, 0.2) is 0 Å². The summed E-state index contributed by atoms with van der Waals surface area (Å²) in [6, 6.07) is 17.2. The highest BCUT2D eigenvalue weighted by atomic mass is 16.5. The number of rotatable bonds is 6. The normalized spacial score (nSPS) is 27.5. The molecular weight excluding hydrogens is 392 g/mol. The van der Waals surface area contributed by atoms with Gasteiger partial charge < -0.3 is 10.1 Å². The number of ether oxygens (including phenoxy) is 1. The molecule has 0 bridgehead atoms. The molecule has 6 heteroatoms. The van der Waals surface area contributed by atoms with Gasteiger partial charge in [-0.15, -0.1) is 0 Å². The predicted octanol–water partition coefficient (Wildman–Crippen LogP) is 1.78. The number of likely N-dealkylation sites (tertiary alicyclic amines) is 1. The van der Waals surface area contributed by atoms with E-state index in [2.05, 4.69) is 0 Å². The van der Waals surface area contributed by atoms with E-state index in [4.69, 9.17) is 4.74 Å².